The van der Waals surface area contributed by atoms with Gasteiger partial charge in [-0.3, -0.25) is 4.68 Å². The van der Waals surface area contributed by atoms with Crippen molar-refractivity contribution in [2.24, 2.45) is 18.0 Å². The molecule has 2 aliphatic rings. The first-order valence-corrected chi connectivity index (χ1v) is 6.62. The summed E-state index contributed by atoms with van der Waals surface area (Å²) in [6, 6.07) is 1.04. The first-order valence-electron chi connectivity index (χ1n) is 6.62. The summed E-state index contributed by atoms with van der Waals surface area (Å²) in [5, 5.41) is 3.99. The minimum Gasteiger partial charge on any atom is -0.404 e. The fraction of sp³-hybridized carbons (Fsp3) is 0.615. The first-order chi connectivity index (χ1) is 9.46. The third kappa shape index (κ3) is 2.32. The maximum Gasteiger partial charge on any atom is 0.338 e. The fourth-order valence-corrected chi connectivity index (χ4v) is 2.74. The summed E-state index contributed by atoms with van der Waals surface area (Å²) < 4.78 is 33.0. The number of hydrogen-bond donors (Lipinski definition) is 0. The maximum absolute atomic E-state index is 13.2. The van der Waals surface area contributed by atoms with Crippen molar-refractivity contribution >= 4 is 11.9 Å². The Morgan fingerprint density at radius 2 is 2.10 bits per heavy atom. The Bertz CT molecular complexity index is 558. The molecule has 5 nitrogen and oxygen atoms in total. The highest BCUT2D eigenvalue weighted by atomic mass is 19.3. The molecule has 1 aliphatic carbocycles. The van der Waals surface area contributed by atoms with Crippen LogP contribution in [-0.4, -0.2) is 33.6 Å². The second-order valence-electron chi connectivity index (χ2n) is 5.33. The third-order valence-corrected chi connectivity index (χ3v) is 3.94. The van der Waals surface area contributed by atoms with Crippen molar-refractivity contribution in [2.45, 2.75) is 37.6 Å². The maximum atomic E-state index is 13.2. The molecule has 1 aromatic heterocycles. The van der Waals surface area contributed by atoms with Crippen LogP contribution in [0.1, 0.15) is 31.4 Å². The van der Waals surface area contributed by atoms with Gasteiger partial charge in [0.25, 0.3) is 0 Å². The fourth-order valence-electron chi connectivity index (χ4n) is 2.74. The minimum absolute atomic E-state index is 0.159. The zero-order chi connectivity index (χ0) is 14.3. The molecule has 2 heterocycles. The van der Waals surface area contributed by atoms with Gasteiger partial charge in [0.05, 0.1) is 0 Å². The average Bonchev–Trinajstić information content (AvgIpc) is 2.96. The number of esters is 1. The standard InChI is InChI=1S/C13H15F2N3O2/c1-18-9(4-7-16-18)11-17-10(12(19)20-11)8-2-5-13(14,15)6-3-8/h4,7-8,10H,2-3,5-6H2,1H3. The number of carbonyl (C=O) groups is 1. The van der Waals surface area contributed by atoms with E-state index >= 15 is 0 Å². The molecule has 0 aromatic carbocycles. The van der Waals surface area contributed by atoms with Gasteiger partial charge in [-0.05, 0) is 24.8 Å². The van der Waals surface area contributed by atoms with E-state index < -0.39 is 17.9 Å². The van der Waals surface area contributed by atoms with Gasteiger partial charge >= 0.3 is 5.97 Å². The van der Waals surface area contributed by atoms with Crippen LogP contribution in [0.2, 0.25) is 0 Å². The molecule has 1 unspecified atom stereocenters. The summed E-state index contributed by atoms with van der Waals surface area (Å²) in [6.45, 7) is 0. The van der Waals surface area contributed by atoms with E-state index in [1.807, 2.05) is 0 Å². The van der Waals surface area contributed by atoms with Gasteiger partial charge in [-0.2, -0.15) is 5.10 Å². The van der Waals surface area contributed by atoms with Crippen molar-refractivity contribution in [3.8, 4) is 0 Å². The average molecular weight is 283 g/mol. The van der Waals surface area contributed by atoms with Crippen LogP contribution < -0.4 is 0 Å². The molecule has 1 saturated carbocycles. The molecule has 20 heavy (non-hydrogen) atoms. The van der Waals surface area contributed by atoms with E-state index in [1.165, 1.54) is 0 Å². The summed E-state index contributed by atoms with van der Waals surface area (Å²) >= 11 is 0. The number of rotatable bonds is 2. The molecule has 0 amide bonds. The summed E-state index contributed by atoms with van der Waals surface area (Å²) in [5.74, 6) is -2.98. The summed E-state index contributed by atoms with van der Waals surface area (Å²) in [7, 11) is 1.72. The number of hydrogen-bond acceptors (Lipinski definition) is 4. The van der Waals surface area contributed by atoms with Gasteiger partial charge in [0, 0.05) is 26.1 Å². The van der Waals surface area contributed by atoms with Gasteiger partial charge in [0.15, 0.2) is 6.04 Å². The van der Waals surface area contributed by atoms with Gasteiger partial charge in [0.1, 0.15) is 5.69 Å². The highest BCUT2D eigenvalue weighted by molar-refractivity contribution is 6.05. The number of cyclic esters (lactones) is 1. The lowest BCUT2D eigenvalue weighted by Crippen LogP contribution is -2.33. The summed E-state index contributed by atoms with van der Waals surface area (Å²) in [5.41, 5.74) is 0.613. The Balaban J connectivity index is 1.76. The SMILES string of the molecule is Cn1nccc1C1=NC(C2CCC(F)(F)CC2)C(=O)O1. The van der Waals surface area contributed by atoms with Crippen LogP contribution in [0.15, 0.2) is 17.3 Å². The van der Waals surface area contributed by atoms with Crippen molar-refractivity contribution < 1.29 is 18.3 Å². The Morgan fingerprint density at radius 1 is 1.40 bits per heavy atom. The van der Waals surface area contributed by atoms with Gasteiger partial charge in [-0.15, -0.1) is 0 Å². The van der Waals surface area contributed by atoms with E-state index in [2.05, 4.69) is 10.1 Å². The first kappa shape index (κ1) is 13.2. The van der Waals surface area contributed by atoms with Crippen LogP contribution in [0.3, 0.4) is 0 Å². The number of aromatic nitrogens is 2. The number of halogens is 2. The minimum atomic E-state index is -2.60. The van der Waals surface area contributed by atoms with E-state index in [9.17, 15) is 13.6 Å². The van der Waals surface area contributed by atoms with Gasteiger partial charge in [0.2, 0.25) is 11.8 Å². The second kappa shape index (κ2) is 4.64. The van der Waals surface area contributed by atoms with Crippen molar-refractivity contribution in [3.63, 3.8) is 0 Å². The number of nitrogens with zero attached hydrogens (tertiary/aromatic N) is 3. The molecule has 1 aromatic rings. The number of carbonyl (C=O) groups excluding carboxylic acids is 1. The van der Waals surface area contributed by atoms with Crippen molar-refractivity contribution in [1.82, 2.24) is 9.78 Å². The van der Waals surface area contributed by atoms with E-state index in [0.29, 0.717) is 18.5 Å². The van der Waals surface area contributed by atoms with Crippen LogP contribution in [0.25, 0.3) is 0 Å². The van der Waals surface area contributed by atoms with Crippen LogP contribution >= 0.6 is 0 Å². The topological polar surface area (TPSA) is 56.5 Å². The molecule has 0 N–H and O–H groups in total. The molecule has 3 rings (SSSR count). The second-order valence-corrected chi connectivity index (χ2v) is 5.33. The Labute approximate surface area is 114 Å². The summed E-state index contributed by atoms with van der Waals surface area (Å²) in [6.07, 6.45) is 1.82. The van der Waals surface area contributed by atoms with E-state index in [0.717, 1.165) is 0 Å². The van der Waals surface area contributed by atoms with Crippen molar-refractivity contribution in [3.05, 3.63) is 18.0 Å². The molecule has 0 radical (unpaired) electrons. The quantitative estimate of drug-likeness (QED) is 0.779. The smallest absolute Gasteiger partial charge is 0.338 e. The lowest BCUT2D eigenvalue weighted by atomic mass is 9.82. The molecular formula is C13H15F2N3O2. The van der Waals surface area contributed by atoms with Gasteiger partial charge in [-0.25, -0.2) is 18.6 Å². The largest absolute Gasteiger partial charge is 0.404 e. The molecule has 0 bridgehead atoms. The number of alkyl halides is 2. The van der Waals surface area contributed by atoms with Gasteiger partial charge < -0.3 is 4.74 Å². The predicted octanol–water partition coefficient (Wildman–Crippen LogP) is 1.92. The zero-order valence-electron chi connectivity index (χ0n) is 11.1. The van der Waals surface area contributed by atoms with Crippen molar-refractivity contribution in [1.29, 1.82) is 0 Å². The van der Waals surface area contributed by atoms with Crippen LogP contribution in [-0.2, 0) is 16.6 Å². The van der Waals surface area contributed by atoms with E-state index in [1.54, 1.807) is 24.0 Å². The van der Waals surface area contributed by atoms with Crippen LogP contribution in [0.4, 0.5) is 8.78 Å². The van der Waals surface area contributed by atoms with Crippen LogP contribution in [0, 0.1) is 5.92 Å². The predicted molar refractivity (Wildman–Crippen MR) is 66.5 cm³/mol. The van der Waals surface area contributed by atoms with E-state index in [-0.39, 0.29) is 24.7 Å². The highest BCUT2D eigenvalue weighted by Gasteiger charge is 2.43. The summed E-state index contributed by atoms with van der Waals surface area (Å²) in [4.78, 5) is 16.2. The Hall–Kier alpha value is -1.79. The Kier molecular flexibility index (Phi) is 3.07. The Morgan fingerprint density at radius 3 is 2.70 bits per heavy atom. The van der Waals surface area contributed by atoms with Gasteiger partial charge in [-0.1, -0.05) is 0 Å². The number of aliphatic imine (C=N–C) groups is 1. The lowest BCUT2D eigenvalue weighted by molar-refractivity contribution is -0.137. The molecule has 0 saturated heterocycles. The number of ether oxygens (including phenoxy) is 1. The molecule has 1 fully saturated rings. The molecule has 1 atom stereocenters. The molecule has 7 heteroatoms. The lowest BCUT2D eigenvalue weighted by Gasteiger charge is -2.29. The normalized spacial score (nSPS) is 26.4. The molecular weight excluding hydrogens is 268 g/mol. The molecule has 1 aliphatic heterocycles. The molecule has 0 spiro atoms. The molecule has 108 valence electrons. The van der Waals surface area contributed by atoms with Crippen LogP contribution in [0.5, 0.6) is 0 Å². The van der Waals surface area contributed by atoms with E-state index in [4.69, 9.17) is 4.74 Å². The number of aryl methyl sites for hydroxylation is 1. The zero-order valence-corrected chi connectivity index (χ0v) is 11.1. The van der Waals surface area contributed by atoms with Crippen molar-refractivity contribution in [2.75, 3.05) is 0 Å². The highest BCUT2D eigenvalue weighted by Crippen LogP contribution is 2.39. The monoisotopic (exact) mass is 283 g/mol. The third-order valence-electron chi connectivity index (χ3n) is 3.94.